The van der Waals surface area contributed by atoms with E-state index < -0.39 is 5.41 Å². The standard InChI is InChI=1S/C27H34N2O2/c1-19(2)28-26(31)27(14-16-29(17-15-27)25(30)21-12-13-21)18-22-9-5-7-11-24(22)23-10-6-4-8-20(23)3/h4-11,19,21H,12-18H2,1-3H3,(H,28,31). The zero-order valence-corrected chi connectivity index (χ0v) is 19.0. The van der Waals surface area contributed by atoms with Gasteiger partial charge in [-0.2, -0.15) is 0 Å². The molecular formula is C27H34N2O2. The zero-order valence-electron chi connectivity index (χ0n) is 19.0. The van der Waals surface area contributed by atoms with E-state index in [-0.39, 0.29) is 23.8 Å². The van der Waals surface area contributed by atoms with Crippen molar-refractivity contribution in [3.8, 4) is 11.1 Å². The molecular weight excluding hydrogens is 384 g/mol. The van der Waals surface area contributed by atoms with Crippen molar-refractivity contribution in [2.45, 2.75) is 58.9 Å². The highest BCUT2D eigenvalue weighted by Gasteiger charge is 2.44. The molecule has 2 aromatic carbocycles. The minimum atomic E-state index is -0.483. The van der Waals surface area contributed by atoms with Gasteiger partial charge in [0.05, 0.1) is 5.41 Å². The number of carbonyl (C=O) groups is 2. The summed E-state index contributed by atoms with van der Waals surface area (Å²) in [4.78, 5) is 28.0. The molecule has 0 bridgehead atoms. The van der Waals surface area contributed by atoms with Gasteiger partial charge in [-0.3, -0.25) is 9.59 Å². The van der Waals surface area contributed by atoms with Crippen LogP contribution in [0.15, 0.2) is 48.5 Å². The van der Waals surface area contributed by atoms with Crippen LogP contribution in [0.5, 0.6) is 0 Å². The lowest BCUT2D eigenvalue weighted by molar-refractivity contribution is -0.141. The first-order valence-electron chi connectivity index (χ1n) is 11.6. The van der Waals surface area contributed by atoms with Gasteiger partial charge in [0, 0.05) is 25.0 Å². The van der Waals surface area contributed by atoms with Crippen molar-refractivity contribution in [1.29, 1.82) is 0 Å². The molecule has 2 aliphatic rings. The van der Waals surface area contributed by atoms with Crippen LogP contribution < -0.4 is 5.32 Å². The maximum absolute atomic E-state index is 13.5. The quantitative estimate of drug-likeness (QED) is 0.736. The summed E-state index contributed by atoms with van der Waals surface area (Å²) < 4.78 is 0. The fraction of sp³-hybridized carbons (Fsp3) is 0.481. The van der Waals surface area contributed by atoms with Crippen LogP contribution >= 0.6 is 0 Å². The fourth-order valence-electron chi connectivity index (χ4n) is 4.82. The van der Waals surface area contributed by atoms with Gasteiger partial charge in [-0.1, -0.05) is 48.5 Å². The van der Waals surface area contributed by atoms with Crippen LogP contribution in [0, 0.1) is 18.3 Å². The Morgan fingerprint density at radius 1 is 1.00 bits per heavy atom. The van der Waals surface area contributed by atoms with E-state index in [9.17, 15) is 9.59 Å². The molecule has 1 saturated carbocycles. The Labute approximate surface area is 186 Å². The Hall–Kier alpha value is -2.62. The molecule has 2 aromatic rings. The third kappa shape index (κ3) is 4.68. The van der Waals surface area contributed by atoms with Crippen molar-refractivity contribution in [2.75, 3.05) is 13.1 Å². The van der Waals surface area contributed by atoms with Gasteiger partial charge in [0.1, 0.15) is 0 Å². The maximum atomic E-state index is 13.5. The molecule has 1 heterocycles. The Balaban J connectivity index is 1.63. The van der Waals surface area contributed by atoms with Crippen molar-refractivity contribution in [2.24, 2.45) is 11.3 Å². The number of nitrogens with zero attached hydrogens (tertiary/aromatic N) is 1. The molecule has 1 aliphatic heterocycles. The Morgan fingerprint density at radius 3 is 2.23 bits per heavy atom. The Morgan fingerprint density at radius 2 is 1.61 bits per heavy atom. The highest BCUT2D eigenvalue weighted by molar-refractivity contribution is 5.85. The van der Waals surface area contributed by atoms with Crippen LogP contribution in [-0.2, 0) is 16.0 Å². The van der Waals surface area contributed by atoms with Crippen molar-refractivity contribution in [3.63, 3.8) is 0 Å². The van der Waals surface area contributed by atoms with Gasteiger partial charge in [-0.25, -0.2) is 0 Å². The van der Waals surface area contributed by atoms with Crippen LogP contribution in [0.25, 0.3) is 11.1 Å². The fourth-order valence-corrected chi connectivity index (χ4v) is 4.82. The number of aryl methyl sites for hydroxylation is 1. The molecule has 0 atom stereocenters. The van der Waals surface area contributed by atoms with Crippen LogP contribution in [-0.4, -0.2) is 35.8 Å². The minimum Gasteiger partial charge on any atom is -0.353 e. The Bertz CT molecular complexity index is 953. The summed E-state index contributed by atoms with van der Waals surface area (Å²) in [6.07, 6.45) is 4.18. The molecule has 1 aliphatic carbocycles. The van der Waals surface area contributed by atoms with Crippen molar-refractivity contribution in [1.82, 2.24) is 10.2 Å². The topological polar surface area (TPSA) is 49.4 Å². The number of benzene rings is 2. The average molecular weight is 419 g/mol. The summed E-state index contributed by atoms with van der Waals surface area (Å²) in [6.45, 7) is 7.51. The number of nitrogens with one attached hydrogen (secondary N) is 1. The first-order valence-corrected chi connectivity index (χ1v) is 11.6. The number of carbonyl (C=O) groups excluding carboxylic acids is 2. The predicted octanol–water partition coefficient (Wildman–Crippen LogP) is 4.75. The second-order valence-corrected chi connectivity index (χ2v) is 9.66. The smallest absolute Gasteiger partial charge is 0.226 e. The lowest BCUT2D eigenvalue weighted by Gasteiger charge is -2.41. The van der Waals surface area contributed by atoms with E-state index in [1.807, 2.05) is 18.7 Å². The van der Waals surface area contributed by atoms with Gasteiger partial charge in [-0.05, 0) is 75.1 Å². The third-order valence-corrected chi connectivity index (χ3v) is 6.84. The van der Waals surface area contributed by atoms with Gasteiger partial charge in [-0.15, -0.1) is 0 Å². The average Bonchev–Trinajstić information content (AvgIpc) is 3.60. The number of hydrogen-bond acceptors (Lipinski definition) is 2. The van der Waals surface area contributed by atoms with E-state index in [2.05, 4.69) is 60.8 Å². The molecule has 1 N–H and O–H groups in total. The molecule has 164 valence electrons. The SMILES string of the molecule is Cc1ccccc1-c1ccccc1CC1(C(=O)NC(C)C)CCN(C(=O)C2CC2)CC1. The molecule has 1 saturated heterocycles. The van der Waals surface area contributed by atoms with Crippen LogP contribution in [0.3, 0.4) is 0 Å². The van der Waals surface area contributed by atoms with Gasteiger partial charge < -0.3 is 10.2 Å². The number of piperidine rings is 1. The van der Waals surface area contributed by atoms with E-state index in [1.165, 1.54) is 22.3 Å². The first-order chi connectivity index (χ1) is 14.9. The van der Waals surface area contributed by atoms with Gasteiger partial charge in [0.25, 0.3) is 0 Å². The molecule has 31 heavy (non-hydrogen) atoms. The minimum absolute atomic E-state index is 0.0992. The van der Waals surface area contributed by atoms with Crippen LogP contribution in [0.2, 0.25) is 0 Å². The molecule has 0 radical (unpaired) electrons. The van der Waals surface area contributed by atoms with Gasteiger partial charge in [0.15, 0.2) is 0 Å². The second kappa shape index (κ2) is 8.86. The summed E-state index contributed by atoms with van der Waals surface area (Å²) in [5, 5.41) is 3.18. The summed E-state index contributed by atoms with van der Waals surface area (Å²) in [6, 6.07) is 17.0. The lowest BCUT2D eigenvalue weighted by Crippen LogP contribution is -2.52. The summed E-state index contributed by atoms with van der Waals surface area (Å²) >= 11 is 0. The highest BCUT2D eigenvalue weighted by Crippen LogP contribution is 2.40. The van der Waals surface area contributed by atoms with Crippen molar-refractivity contribution in [3.05, 3.63) is 59.7 Å². The first kappa shape index (κ1) is 21.6. The number of hydrogen-bond donors (Lipinski definition) is 1. The third-order valence-electron chi connectivity index (χ3n) is 6.84. The molecule has 4 nitrogen and oxygen atoms in total. The molecule has 2 amide bonds. The van der Waals surface area contributed by atoms with Crippen molar-refractivity contribution >= 4 is 11.8 Å². The monoisotopic (exact) mass is 418 g/mol. The summed E-state index contributed by atoms with van der Waals surface area (Å²) in [5.41, 5.74) is 4.38. The lowest BCUT2D eigenvalue weighted by atomic mass is 9.71. The van der Waals surface area contributed by atoms with E-state index in [0.717, 1.165) is 12.8 Å². The highest BCUT2D eigenvalue weighted by atomic mass is 16.2. The largest absolute Gasteiger partial charge is 0.353 e. The Kier molecular flexibility index (Phi) is 6.17. The molecule has 0 spiro atoms. The molecule has 4 rings (SSSR count). The molecule has 0 unspecified atom stereocenters. The number of amides is 2. The molecule has 2 fully saturated rings. The normalized spacial score (nSPS) is 18.1. The van der Waals surface area contributed by atoms with Crippen LogP contribution in [0.4, 0.5) is 0 Å². The summed E-state index contributed by atoms with van der Waals surface area (Å²) in [7, 11) is 0. The number of rotatable bonds is 6. The summed E-state index contributed by atoms with van der Waals surface area (Å²) in [5.74, 6) is 0.651. The van der Waals surface area contributed by atoms with Gasteiger partial charge >= 0.3 is 0 Å². The molecule has 4 heteroatoms. The van der Waals surface area contributed by atoms with E-state index in [4.69, 9.17) is 0 Å². The van der Waals surface area contributed by atoms with Gasteiger partial charge in [0.2, 0.25) is 11.8 Å². The van der Waals surface area contributed by atoms with E-state index >= 15 is 0 Å². The molecule has 0 aromatic heterocycles. The maximum Gasteiger partial charge on any atom is 0.226 e. The van der Waals surface area contributed by atoms with Crippen LogP contribution in [0.1, 0.15) is 50.7 Å². The zero-order chi connectivity index (χ0) is 22.0. The van der Waals surface area contributed by atoms with E-state index in [0.29, 0.717) is 32.4 Å². The second-order valence-electron chi connectivity index (χ2n) is 9.66. The van der Waals surface area contributed by atoms with Crippen molar-refractivity contribution < 1.29 is 9.59 Å². The number of likely N-dealkylation sites (tertiary alicyclic amines) is 1. The predicted molar refractivity (Wildman–Crippen MR) is 125 cm³/mol. The van der Waals surface area contributed by atoms with E-state index in [1.54, 1.807) is 0 Å².